The van der Waals surface area contributed by atoms with E-state index in [1.807, 2.05) is 0 Å². The number of hydrogen-bond donors (Lipinski definition) is 3. The molecule has 3 aromatic carbocycles. The number of aryl methyl sites for hydroxylation is 1. The molecule has 0 radical (unpaired) electrons. The number of nitrogens with zero attached hydrogens (tertiary/aromatic N) is 3. The SMILES string of the molecule is Cn1c(Nc2c(Cl)ccc(CNC(=O)C(C)(C)C)c2Cl)nc2cc(C(=O)NC(Cc3ccccc3)C(F)(F)F)c(N3CCC(F)(F)C3)cc21. The van der Waals surface area contributed by atoms with Gasteiger partial charge in [0, 0.05) is 38.4 Å². The van der Waals surface area contributed by atoms with Gasteiger partial charge < -0.3 is 25.4 Å². The fourth-order valence-corrected chi connectivity index (χ4v) is 5.99. The van der Waals surface area contributed by atoms with E-state index in [4.69, 9.17) is 23.2 Å². The third kappa shape index (κ3) is 8.21. The van der Waals surface area contributed by atoms with Gasteiger partial charge in [-0.05, 0) is 29.3 Å². The molecule has 0 saturated carbocycles. The number of nitrogens with one attached hydrogen (secondary N) is 3. The van der Waals surface area contributed by atoms with E-state index in [1.165, 1.54) is 29.2 Å². The van der Waals surface area contributed by atoms with Crippen LogP contribution in [0.25, 0.3) is 11.0 Å². The molecule has 1 aromatic heterocycles. The molecule has 2 amide bonds. The Bertz CT molecular complexity index is 1880. The van der Waals surface area contributed by atoms with Gasteiger partial charge in [-0.3, -0.25) is 9.59 Å². The number of benzene rings is 3. The van der Waals surface area contributed by atoms with Crippen molar-refractivity contribution < 1.29 is 31.5 Å². The lowest BCUT2D eigenvalue weighted by Crippen LogP contribution is -2.47. The maximum absolute atomic E-state index is 14.4. The van der Waals surface area contributed by atoms with Crippen LogP contribution in [0.2, 0.25) is 10.0 Å². The van der Waals surface area contributed by atoms with Crippen molar-refractivity contribution >= 4 is 63.4 Å². The average Bonchev–Trinajstić information content (AvgIpc) is 3.54. The summed E-state index contributed by atoms with van der Waals surface area (Å²) in [4.78, 5) is 31.9. The Hall–Kier alpha value is -4.10. The summed E-state index contributed by atoms with van der Waals surface area (Å²) in [7, 11) is 1.63. The highest BCUT2D eigenvalue weighted by Crippen LogP contribution is 2.39. The van der Waals surface area contributed by atoms with Gasteiger partial charge >= 0.3 is 6.18 Å². The van der Waals surface area contributed by atoms with Gasteiger partial charge in [0.05, 0.1) is 44.6 Å². The van der Waals surface area contributed by atoms with Gasteiger partial charge in [0.2, 0.25) is 11.9 Å². The van der Waals surface area contributed by atoms with Crippen LogP contribution in [-0.2, 0) is 24.8 Å². The Morgan fingerprint density at radius 3 is 2.35 bits per heavy atom. The molecule has 0 spiro atoms. The molecule has 0 bridgehead atoms. The zero-order chi connectivity index (χ0) is 35.9. The van der Waals surface area contributed by atoms with Gasteiger partial charge in [-0.15, -0.1) is 0 Å². The number of carbonyl (C=O) groups excluding carboxylic acids is 2. The Morgan fingerprint density at radius 2 is 1.73 bits per heavy atom. The highest BCUT2D eigenvalue weighted by atomic mass is 35.5. The van der Waals surface area contributed by atoms with E-state index in [0.29, 0.717) is 16.6 Å². The molecular formula is C34H35Cl2F5N6O2. The lowest BCUT2D eigenvalue weighted by Gasteiger charge is -2.25. The molecule has 0 aliphatic carbocycles. The molecule has 262 valence electrons. The van der Waals surface area contributed by atoms with Crippen LogP contribution in [0.3, 0.4) is 0 Å². The van der Waals surface area contributed by atoms with Gasteiger partial charge in [0.25, 0.3) is 11.8 Å². The third-order valence-corrected chi connectivity index (χ3v) is 9.01. The fraction of sp³-hybridized carbons (Fsp3) is 0.382. The summed E-state index contributed by atoms with van der Waals surface area (Å²) in [6.07, 6.45) is -5.79. The van der Waals surface area contributed by atoms with Gasteiger partial charge in [0.1, 0.15) is 6.04 Å². The van der Waals surface area contributed by atoms with Gasteiger partial charge in [-0.25, -0.2) is 13.8 Å². The number of alkyl halides is 5. The summed E-state index contributed by atoms with van der Waals surface area (Å²) in [5.74, 6) is -4.12. The highest BCUT2D eigenvalue weighted by molar-refractivity contribution is 6.39. The molecular weight excluding hydrogens is 690 g/mol. The lowest BCUT2D eigenvalue weighted by molar-refractivity contribution is -0.153. The van der Waals surface area contributed by atoms with Crippen LogP contribution in [0.15, 0.2) is 54.6 Å². The van der Waals surface area contributed by atoms with Crippen molar-refractivity contribution in [1.29, 1.82) is 0 Å². The van der Waals surface area contributed by atoms with E-state index in [-0.39, 0.29) is 57.4 Å². The number of rotatable bonds is 9. The molecule has 5 rings (SSSR count). The van der Waals surface area contributed by atoms with Crippen molar-refractivity contribution in [2.45, 2.75) is 58.3 Å². The van der Waals surface area contributed by atoms with Crippen LogP contribution in [0.5, 0.6) is 0 Å². The highest BCUT2D eigenvalue weighted by Gasteiger charge is 2.42. The summed E-state index contributed by atoms with van der Waals surface area (Å²) >= 11 is 13.2. The van der Waals surface area contributed by atoms with E-state index in [2.05, 4.69) is 20.9 Å². The lowest BCUT2D eigenvalue weighted by atomic mass is 9.95. The van der Waals surface area contributed by atoms with Gasteiger partial charge in [-0.1, -0.05) is 80.4 Å². The normalized spacial score (nSPS) is 15.4. The van der Waals surface area contributed by atoms with Gasteiger partial charge in [-0.2, -0.15) is 13.2 Å². The first-order chi connectivity index (χ1) is 22.8. The third-order valence-electron chi connectivity index (χ3n) is 8.26. The Balaban J connectivity index is 1.51. The maximum atomic E-state index is 14.4. The predicted molar refractivity (Wildman–Crippen MR) is 181 cm³/mol. The minimum absolute atomic E-state index is 0.0463. The van der Waals surface area contributed by atoms with Crippen molar-refractivity contribution in [3.63, 3.8) is 0 Å². The van der Waals surface area contributed by atoms with Crippen LogP contribution < -0.4 is 20.9 Å². The molecule has 1 aliphatic rings. The van der Waals surface area contributed by atoms with Crippen molar-refractivity contribution in [3.05, 3.63) is 81.3 Å². The topological polar surface area (TPSA) is 91.3 Å². The monoisotopic (exact) mass is 724 g/mol. The summed E-state index contributed by atoms with van der Waals surface area (Å²) in [5.41, 5.74) is 1.00. The number of halogens is 7. The van der Waals surface area contributed by atoms with Crippen LogP contribution in [0.1, 0.15) is 48.7 Å². The summed E-state index contributed by atoms with van der Waals surface area (Å²) < 4.78 is 72.7. The molecule has 1 aliphatic heterocycles. The molecule has 4 aromatic rings. The van der Waals surface area contributed by atoms with E-state index in [1.54, 1.807) is 62.7 Å². The maximum Gasteiger partial charge on any atom is 0.408 e. The first-order valence-corrected chi connectivity index (χ1v) is 16.2. The molecule has 3 N–H and O–H groups in total. The second-order valence-corrected chi connectivity index (χ2v) is 13.9. The number of anilines is 3. The number of carbonyl (C=O) groups is 2. The average molecular weight is 726 g/mol. The smallest absolute Gasteiger partial charge is 0.365 e. The Kier molecular flexibility index (Phi) is 10.1. The van der Waals surface area contributed by atoms with Crippen molar-refractivity contribution in [1.82, 2.24) is 20.2 Å². The molecule has 1 atom stereocenters. The van der Waals surface area contributed by atoms with Crippen LogP contribution in [0, 0.1) is 5.41 Å². The molecule has 2 heterocycles. The molecule has 15 heteroatoms. The number of amides is 2. The van der Waals surface area contributed by atoms with E-state index < -0.39 is 48.8 Å². The first kappa shape index (κ1) is 36.2. The predicted octanol–water partition coefficient (Wildman–Crippen LogP) is 8.03. The largest absolute Gasteiger partial charge is 0.408 e. The number of imidazole rings is 1. The van der Waals surface area contributed by atoms with E-state index >= 15 is 0 Å². The van der Waals surface area contributed by atoms with Gasteiger partial charge in [0.15, 0.2) is 0 Å². The zero-order valence-corrected chi connectivity index (χ0v) is 28.6. The minimum atomic E-state index is -4.79. The number of fused-ring (bicyclic) bond motifs is 1. The zero-order valence-electron chi connectivity index (χ0n) is 27.1. The van der Waals surface area contributed by atoms with E-state index in [0.717, 1.165) is 0 Å². The van der Waals surface area contributed by atoms with Crippen molar-refractivity contribution in [2.75, 3.05) is 23.3 Å². The Labute approximate surface area is 290 Å². The number of aromatic nitrogens is 2. The molecule has 1 saturated heterocycles. The summed E-state index contributed by atoms with van der Waals surface area (Å²) in [6, 6.07) is 11.7. The van der Waals surface area contributed by atoms with Crippen LogP contribution in [0.4, 0.5) is 39.3 Å². The van der Waals surface area contributed by atoms with Crippen LogP contribution in [-0.4, -0.2) is 52.6 Å². The molecule has 49 heavy (non-hydrogen) atoms. The van der Waals surface area contributed by atoms with Crippen molar-refractivity contribution in [3.8, 4) is 0 Å². The summed E-state index contributed by atoms with van der Waals surface area (Å²) in [6.45, 7) is 4.63. The first-order valence-electron chi connectivity index (χ1n) is 15.4. The minimum Gasteiger partial charge on any atom is -0.365 e. The van der Waals surface area contributed by atoms with Crippen molar-refractivity contribution in [2.24, 2.45) is 12.5 Å². The fourth-order valence-electron chi connectivity index (χ4n) is 5.46. The molecule has 1 fully saturated rings. The molecule has 8 nitrogen and oxygen atoms in total. The standard InChI is InChI=1S/C34H35Cl2F5N6O2/c1-32(2,3)30(49)42-17-20-10-11-22(35)28(27(20)36)45-31-43-23-15-21(24(16-25(23)46(31)4)47-13-12-33(37,38)18-47)29(48)44-26(34(39,40)41)14-19-8-6-5-7-9-19/h5-11,15-16,26H,12-14,17-18H2,1-4H3,(H,42,49)(H,43,45)(H,44,48). The van der Waals surface area contributed by atoms with Crippen LogP contribution >= 0.6 is 23.2 Å². The van der Waals surface area contributed by atoms with E-state index in [9.17, 15) is 31.5 Å². The Morgan fingerprint density at radius 1 is 1.04 bits per heavy atom. The second-order valence-electron chi connectivity index (χ2n) is 13.1. The second kappa shape index (κ2) is 13.7. The quantitative estimate of drug-likeness (QED) is 0.152. The number of hydrogen-bond acceptors (Lipinski definition) is 5. The summed E-state index contributed by atoms with van der Waals surface area (Å²) in [5, 5.41) is 8.45. The molecule has 1 unspecified atom stereocenters.